The molecule has 0 atom stereocenters. The molecule has 11 heteroatoms. The van der Waals surface area contributed by atoms with E-state index in [0.29, 0.717) is 4.68 Å². The third-order valence-corrected chi connectivity index (χ3v) is 3.28. The summed E-state index contributed by atoms with van der Waals surface area (Å²) in [5, 5.41) is 3.70. The smallest absolute Gasteiger partial charge is 0.384 e. The number of benzene rings is 1. The zero-order valence-electron chi connectivity index (χ0n) is 10.6. The van der Waals surface area contributed by atoms with E-state index in [0.717, 1.165) is 17.8 Å². The summed E-state index contributed by atoms with van der Waals surface area (Å²) in [5.41, 5.74) is 1.29. The second kappa shape index (κ2) is 5.38. The molecule has 3 nitrogen and oxygen atoms in total. The van der Waals surface area contributed by atoms with Crippen LogP contribution in [-0.2, 0) is 6.18 Å². The molecule has 1 aromatic heterocycles. The molecule has 0 fully saturated rings. The van der Waals surface area contributed by atoms with Crippen LogP contribution < -0.4 is 5.73 Å². The normalized spacial score (nSPS) is 12.0. The lowest BCUT2D eigenvalue weighted by molar-refractivity contribution is -0.143. The maximum Gasteiger partial charge on any atom is 0.422 e. The number of halogens is 7. The van der Waals surface area contributed by atoms with E-state index in [-0.39, 0.29) is 5.03 Å². The van der Waals surface area contributed by atoms with Gasteiger partial charge in [-0.15, -0.1) is 11.8 Å². The number of rotatable bonds is 2. The Morgan fingerprint density at radius 1 is 1.05 bits per heavy atom. The fourth-order valence-corrected chi connectivity index (χ4v) is 2.11. The first-order chi connectivity index (χ1) is 10.1. The lowest BCUT2D eigenvalue weighted by Crippen LogP contribution is -2.18. The Kier molecular flexibility index (Phi) is 4.02. The average Bonchev–Trinajstić information content (AvgIpc) is 2.77. The Morgan fingerprint density at radius 2 is 1.55 bits per heavy atom. The maximum atomic E-state index is 13.8. The van der Waals surface area contributed by atoms with Gasteiger partial charge in [0.1, 0.15) is 22.1 Å². The first kappa shape index (κ1) is 16.5. The predicted octanol–water partition coefficient (Wildman–Crippen LogP) is 3.75. The van der Waals surface area contributed by atoms with Gasteiger partial charge in [0.05, 0.1) is 0 Å². The molecule has 2 N–H and O–H groups in total. The van der Waals surface area contributed by atoms with Crippen LogP contribution in [0.5, 0.6) is 0 Å². The Morgan fingerprint density at radius 3 is 1.91 bits per heavy atom. The standard InChI is InChI=1S/C11H6F7N3S/c1-22-4-2-3(19)21(20-4)10-8(14)6(12)5(11(16,17)18)7(13)9(10)15/h2H,19H2,1H3. The van der Waals surface area contributed by atoms with Crippen LogP contribution in [0.3, 0.4) is 0 Å². The van der Waals surface area contributed by atoms with Gasteiger partial charge >= 0.3 is 6.18 Å². The Hall–Kier alpha value is -1.91. The maximum absolute atomic E-state index is 13.8. The summed E-state index contributed by atoms with van der Waals surface area (Å²) < 4.78 is 92.4. The minimum absolute atomic E-state index is 0.150. The largest absolute Gasteiger partial charge is 0.422 e. The van der Waals surface area contributed by atoms with Gasteiger partial charge < -0.3 is 5.73 Å². The highest BCUT2D eigenvalue weighted by molar-refractivity contribution is 7.98. The fourth-order valence-electron chi connectivity index (χ4n) is 1.71. The highest BCUT2D eigenvalue weighted by Gasteiger charge is 2.42. The Balaban J connectivity index is 2.82. The fraction of sp³-hybridized carbons (Fsp3) is 0.182. The van der Waals surface area contributed by atoms with Crippen molar-refractivity contribution in [2.24, 2.45) is 0 Å². The topological polar surface area (TPSA) is 43.8 Å². The van der Waals surface area contributed by atoms with E-state index in [1.54, 1.807) is 0 Å². The monoisotopic (exact) mass is 345 g/mol. The molecule has 0 saturated heterocycles. The van der Waals surface area contributed by atoms with E-state index in [2.05, 4.69) is 5.10 Å². The van der Waals surface area contributed by atoms with Crippen molar-refractivity contribution in [1.82, 2.24) is 9.78 Å². The molecule has 2 rings (SSSR count). The minimum atomic E-state index is -5.60. The van der Waals surface area contributed by atoms with Crippen LogP contribution in [0, 0.1) is 23.3 Å². The van der Waals surface area contributed by atoms with Gasteiger partial charge in [0.25, 0.3) is 0 Å². The van der Waals surface area contributed by atoms with Crippen molar-refractivity contribution in [2.75, 3.05) is 12.0 Å². The molecule has 0 saturated carbocycles. The zero-order valence-corrected chi connectivity index (χ0v) is 11.4. The molecular formula is C11H6F7N3S. The molecule has 22 heavy (non-hydrogen) atoms. The van der Waals surface area contributed by atoms with Gasteiger partial charge in [-0.25, -0.2) is 22.2 Å². The minimum Gasteiger partial charge on any atom is -0.384 e. The average molecular weight is 345 g/mol. The summed E-state index contributed by atoms with van der Waals surface area (Å²) in [6.07, 6.45) is -4.07. The summed E-state index contributed by atoms with van der Waals surface area (Å²) in [5.74, 6) is -10.0. The summed E-state index contributed by atoms with van der Waals surface area (Å²) in [7, 11) is 0. The molecule has 1 aromatic carbocycles. The lowest BCUT2D eigenvalue weighted by atomic mass is 10.1. The number of alkyl halides is 3. The molecule has 1 heterocycles. The van der Waals surface area contributed by atoms with Gasteiger partial charge in [-0.1, -0.05) is 0 Å². The van der Waals surface area contributed by atoms with Crippen molar-refractivity contribution in [3.05, 3.63) is 34.9 Å². The number of nitrogens with two attached hydrogens (primary N) is 1. The van der Waals surface area contributed by atoms with Gasteiger partial charge in [0.15, 0.2) is 23.3 Å². The van der Waals surface area contributed by atoms with Gasteiger partial charge in [-0.3, -0.25) is 0 Å². The van der Waals surface area contributed by atoms with Gasteiger partial charge in [-0.2, -0.15) is 18.3 Å². The van der Waals surface area contributed by atoms with Crippen LogP contribution in [-0.4, -0.2) is 16.0 Å². The van der Waals surface area contributed by atoms with Crippen LogP contribution in [0.25, 0.3) is 5.69 Å². The number of thioether (sulfide) groups is 1. The molecule has 0 bridgehead atoms. The molecule has 2 aromatic rings. The van der Waals surface area contributed by atoms with E-state index in [4.69, 9.17) is 5.73 Å². The number of nitrogen functional groups attached to an aromatic ring is 1. The van der Waals surface area contributed by atoms with Gasteiger partial charge in [0.2, 0.25) is 0 Å². The molecule has 0 unspecified atom stereocenters. The van der Waals surface area contributed by atoms with E-state index in [1.165, 1.54) is 6.26 Å². The van der Waals surface area contributed by atoms with Crippen LogP contribution >= 0.6 is 11.8 Å². The van der Waals surface area contributed by atoms with E-state index >= 15 is 0 Å². The highest BCUT2D eigenvalue weighted by Crippen LogP contribution is 2.38. The van der Waals surface area contributed by atoms with E-state index < -0.39 is 46.5 Å². The van der Waals surface area contributed by atoms with Crippen LogP contribution in [0.2, 0.25) is 0 Å². The van der Waals surface area contributed by atoms with Crippen molar-refractivity contribution >= 4 is 17.6 Å². The number of anilines is 1. The number of hydrogen-bond acceptors (Lipinski definition) is 3. The molecule has 0 aliphatic carbocycles. The molecule has 0 aliphatic rings. The third kappa shape index (κ3) is 2.49. The first-order valence-electron chi connectivity index (χ1n) is 5.42. The predicted molar refractivity (Wildman–Crippen MR) is 64.6 cm³/mol. The number of aromatic nitrogens is 2. The number of hydrogen-bond donors (Lipinski definition) is 1. The molecule has 0 amide bonds. The van der Waals surface area contributed by atoms with Gasteiger partial charge in [-0.05, 0) is 6.26 Å². The Labute approximate surface area is 122 Å². The molecular weight excluding hydrogens is 339 g/mol. The summed E-state index contributed by atoms with van der Waals surface area (Å²) in [6.45, 7) is 0. The second-order valence-corrected chi connectivity index (χ2v) is 4.83. The zero-order chi connectivity index (χ0) is 16.8. The molecule has 120 valence electrons. The molecule has 0 aliphatic heterocycles. The van der Waals surface area contributed by atoms with Crippen molar-refractivity contribution in [3.63, 3.8) is 0 Å². The first-order valence-corrected chi connectivity index (χ1v) is 6.65. The van der Waals surface area contributed by atoms with Crippen molar-refractivity contribution in [1.29, 1.82) is 0 Å². The number of nitrogens with zero attached hydrogens (tertiary/aromatic N) is 2. The summed E-state index contributed by atoms with van der Waals surface area (Å²) in [6, 6.07) is 1.14. The van der Waals surface area contributed by atoms with Crippen molar-refractivity contribution in [2.45, 2.75) is 11.2 Å². The van der Waals surface area contributed by atoms with E-state index in [1.807, 2.05) is 0 Å². The second-order valence-electron chi connectivity index (χ2n) is 4.00. The summed E-state index contributed by atoms with van der Waals surface area (Å²) >= 11 is 1.00. The lowest BCUT2D eigenvalue weighted by Gasteiger charge is -2.14. The van der Waals surface area contributed by atoms with Crippen molar-refractivity contribution in [3.8, 4) is 5.69 Å². The molecule has 0 spiro atoms. The highest BCUT2D eigenvalue weighted by atomic mass is 32.2. The SMILES string of the molecule is CSc1cc(N)n(-c2c(F)c(F)c(C(F)(F)F)c(F)c2F)n1. The van der Waals surface area contributed by atoms with Crippen LogP contribution in [0.1, 0.15) is 5.56 Å². The van der Waals surface area contributed by atoms with E-state index in [9.17, 15) is 30.7 Å². The Bertz CT molecular complexity index is 709. The van der Waals surface area contributed by atoms with Crippen molar-refractivity contribution < 1.29 is 30.7 Å². The quantitative estimate of drug-likeness (QED) is 0.512. The van der Waals surface area contributed by atoms with Gasteiger partial charge in [0, 0.05) is 6.07 Å². The molecule has 0 radical (unpaired) electrons. The van der Waals surface area contributed by atoms with Crippen LogP contribution in [0.15, 0.2) is 11.1 Å². The third-order valence-electron chi connectivity index (χ3n) is 2.66. The van der Waals surface area contributed by atoms with Crippen LogP contribution in [0.4, 0.5) is 36.6 Å². The summed E-state index contributed by atoms with van der Waals surface area (Å²) in [4.78, 5) is 0.